The van der Waals surface area contributed by atoms with Gasteiger partial charge >= 0.3 is 13.1 Å². The van der Waals surface area contributed by atoms with Crippen molar-refractivity contribution < 1.29 is 19.2 Å². The highest BCUT2D eigenvalue weighted by Crippen LogP contribution is 2.36. The lowest BCUT2D eigenvalue weighted by molar-refractivity contribution is 0.00578. The number of ether oxygens (including phenoxy) is 1. The molecular formula is C20H34BN3O4. The van der Waals surface area contributed by atoms with E-state index in [0.29, 0.717) is 18.5 Å². The zero-order chi connectivity index (χ0) is 20.2. The van der Waals surface area contributed by atoms with E-state index in [9.17, 15) is 0 Å². The van der Waals surface area contributed by atoms with Crippen molar-refractivity contribution >= 4 is 12.6 Å². The summed E-state index contributed by atoms with van der Waals surface area (Å²) in [6.45, 7) is 12.0. The molecule has 0 bridgehead atoms. The molecule has 2 aliphatic rings. The van der Waals surface area contributed by atoms with Crippen LogP contribution in [0.1, 0.15) is 53.4 Å². The van der Waals surface area contributed by atoms with E-state index in [2.05, 4.69) is 14.9 Å². The first-order chi connectivity index (χ1) is 13.3. The molecule has 0 spiro atoms. The van der Waals surface area contributed by atoms with Crippen LogP contribution in [-0.2, 0) is 9.31 Å². The van der Waals surface area contributed by atoms with Crippen molar-refractivity contribution in [2.75, 3.05) is 32.8 Å². The smallest absolute Gasteiger partial charge is 0.463 e. The van der Waals surface area contributed by atoms with Crippen LogP contribution in [0, 0.1) is 5.92 Å². The highest BCUT2D eigenvalue weighted by molar-refractivity contribution is 6.61. The summed E-state index contributed by atoms with van der Waals surface area (Å²) in [6, 6.07) is 0.394. The minimum atomic E-state index is -0.452. The summed E-state index contributed by atoms with van der Waals surface area (Å²) in [5.41, 5.74) is 0.0504. The molecule has 0 aromatic carbocycles. The predicted octanol–water partition coefficient (Wildman–Crippen LogP) is 1.64. The van der Waals surface area contributed by atoms with Crippen LogP contribution in [0.5, 0.6) is 6.01 Å². The van der Waals surface area contributed by atoms with Gasteiger partial charge in [0, 0.05) is 30.9 Å². The molecule has 3 rings (SSSR count). The molecule has 0 saturated carbocycles. The predicted molar refractivity (Wildman–Crippen MR) is 109 cm³/mol. The molecule has 8 heteroatoms. The topological polar surface area (TPSA) is 76.9 Å². The molecule has 0 amide bonds. The Kier molecular flexibility index (Phi) is 6.96. The van der Waals surface area contributed by atoms with Gasteiger partial charge in [-0.25, -0.2) is 9.97 Å². The Hall–Kier alpha value is -1.22. The van der Waals surface area contributed by atoms with Gasteiger partial charge in [0.05, 0.1) is 24.4 Å². The maximum Gasteiger partial charge on any atom is 0.498 e. The average molecular weight is 391 g/mol. The van der Waals surface area contributed by atoms with E-state index >= 15 is 0 Å². The van der Waals surface area contributed by atoms with Gasteiger partial charge in [0.25, 0.3) is 0 Å². The second kappa shape index (κ2) is 9.07. The van der Waals surface area contributed by atoms with Gasteiger partial charge in [0.1, 0.15) is 0 Å². The second-order valence-corrected chi connectivity index (χ2v) is 8.91. The lowest BCUT2D eigenvalue weighted by atomic mass is 9.81. The Morgan fingerprint density at radius 3 is 2.54 bits per heavy atom. The number of hydrogen-bond acceptors (Lipinski definition) is 7. The monoisotopic (exact) mass is 391 g/mol. The molecular weight excluding hydrogens is 357 g/mol. The number of hydrogen-bond donors (Lipinski definition) is 1. The van der Waals surface area contributed by atoms with Crippen molar-refractivity contribution in [2.24, 2.45) is 5.92 Å². The van der Waals surface area contributed by atoms with Gasteiger partial charge in [-0.2, -0.15) is 0 Å². The van der Waals surface area contributed by atoms with Crippen LogP contribution in [0.4, 0.5) is 0 Å². The largest absolute Gasteiger partial charge is 0.498 e. The number of aliphatic hydroxyl groups excluding tert-OH is 1. The standard InChI is InChI=1S/C20H34BN3O4/c1-19(2)20(3,4)28-21(27-19)17-13-22-18(23-14-17)26-12-6-8-16-7-5-9-24(15-16)10-11-25/h13-14,16,25H,5-12,15H2,1-4H3/t16-/m0/s1. The molecule has 2 fully saturated rings. The van der Waals surface area contributed by atoms with Crippen LogP contribution in [0.2, 0.25) is 0 Å². The minimum Gasteiger partial charge on any atom is -0.463 e. The molecule has 0 radical (unpaired) electrons. The number of aromatic nitrogens is 2. The SMILES string of the molecule is CC1(C)OB(c2cnc(OCCC[C@@H]3CCCN(CCO)C3)nc2)OC1(C)C. The van der Waals surface area contributed by atoms with Crippen molar-refractivity contribution in [3.8, 4) is 6.01 Å². The number of nitrogens with zero attached hydrogens (tertiary/aromatic N) is 3. The van der Waals surface area contributed by atoms with Crippen molar-refractivity contribution in [1.82, 2.24) is 14.9 Å². The van der Waals surface area contributed by atoms with Gasteiger partial charge in [0.2, 0.25) is 0 Å². The van der Waals surface area contributed by atoms with Crippen molar-refractivity contribution in [2.45, 2.75) is 64.6 Å². The van der Waals surface area contributed by atoms with E-state index in [1.807, 2.05) is 27.7 Å². The van der Waals surface area contributed by atoms with Crippen LogP contribution < -0.4 is 10.2 Å². The lowest BCUT2D eigenvalue weighted by Crippen LogP contribution is -2.41. The van der Waals surface area contributed by atoms with E-state index in [1.54, 1.807) is 12.4 Å². The summed E-state index contributed by atoms with van der Waals surface area (Å²) in [4.78, 5) is 11.0. The van der Waals surface area contributed by atoms with Crippen molar-refractivity contribution in [1.29, 1.82) is 0 Å². The van der Waals surface area contributed by atoms with Crippen molar-refractivity contribution in [3.05, 3.63) is 12.4 Å². The summed E-state index contributed by atoms with van der Waals surface area (Å²) in [5.74, 6) is 0.690. The number of likely N-dealkylation sites (tertiary alicyclic amines) is 1. The summed E-state index contributed by atoms with van der Waals surface area (Å²) >= 11 is 0. The fourth-order valence-corrected chi connectivity index (χ4v) is 3.77. The fourth-order valence-electron chi connectivity index (χ4n) is 3.77. The molecule has 0 unspecified atom stereocenters. The molecule has 0 aliphatic carbocycles. The zero-order valence-corrected chi connectivity index (χ0v) is 17.7. The van der Waals surface area contributed by atoms with Gasteiger partial charge in [-0.15, -0.1) is 0 Å². The van der Waals surface area contributed by atoms with Crippen molar-refractivity contribution in [3.63, 3.8) is 0 Å². The molecule has 28 heavy (non-hydrogen) atoms. The Bertz CT molecular complexity index is 608. The van der Waals surface area contributed by atoms with Gasteiger partial charge < -0.3 is 24.1 Å². The van der Waals surface area contributed by atoms with Crippen LogP contribution >= 0.6 is 0 Å². The molecule has 2 aliphatic heterocycles. The summed E-state index contributed by atoms with van der Waals surface area (Å²) < 4.78 is 17.8. The number of aliphatic hydroxyl groups is 1. The zero-order valence-electron chi connectivity index (χ0n) is 17.7. The van der Waals surface area contributed by atoms with Gasteiger partial charge in [-0.1, -0.05) is 0 Å². The number of piperidine rings is 1. The minimum absolute atomic E-state index is 0.245. The fraction of sp³-hybridized carbons (Fsp3) is 0.800. The molecule has 1 aromatic rings. The summed E-state index contributed by atoms with van der Waals surface area (Å²) in [6.07, 6.45) is 8.04. The average Bonchev–Trinajstić information content (AvgIpc) is 2.87. The third-order valence-corrected chi connectivity index (χ3v) is 6.18. The van der Waals surface area contributed by atoms with Crippen LogP contribution in [0.3, 0.4) is 0 Å². The third-order valence-electron chi connectivity index (χ3n) is 6.18. The summed E-state index contributed by atoms with van der Waals surface area (Å²) in [5, 5.41) is 9.09. The van der Waals surface area contributed by atoms with Crippen LogP contribution in [0.15, 0.2) is 12.4 Å². The maximum atomic E-state index is 9.09. The van der Waals surface area contributed by atoms with Gasteiger partial charge in [-0.3, -0.25) is 0 Å². The molecule has 1 aromatic heterocycles. The Labute approximate surface area is 168 Å². The molecule has 1 N–H and O–H groups in total. The molecule has 156 valence electrons. The Morgan fingerprint density at radius 1 is 1.21 bits per heavy atom. The first-order valence-corrected chi connectivity index (χ1v) is 10.4. The third kappa shape index (κ3) is 5.23. The normalized spacial score (nSPS) is 24.5. The highest BCUT2D eigenvalue weighted by Gasteiger charge is 2.51. The highest BCUT2D eigenvalue weighted by atomic mass is 16.7. The first-order valence-electron chi connectivity index (χ1n) is 10.4. The van der Waals surface area contributed by atoms with Gasteiger partial charge in [0.15, 0.2) is 0 Å². The molecule has 3 heterocycles. The maximum absolute atomic E-state index is 9.09. The lowest BCUT2D eigenvalue weighted by Gasteiger charge is -2.32. The van der Waals surface area contributed by atoms with Crippen LogP contribution in [0.25, 0.3) is 0 Å². The molecule has 2 saturated heterocycles. The van der Waals surface area contributed by atoms with E-state index in [-0.39, 0.29) is 17.8 Å². The van der Waals surface area contributed by atoms with E-state index in [1.165, 1.54) is 12.8 Å². The second-order valence-electron chi connectivity index (χ2n) is 8.91. The Morgan fingerprint density at radius 2 is 1.89 bits per heavy atom. The van der Waals surface area contributed by atoms with E-state index in [0.717, 1.165) is 37.9 Å². The molecule has 1 atom stereocenters. The van der Waals surface area contributed by atoms with E-state index in [4.69, 9.17) is 19.2 Å². The molecule has 7 nitrogen and oxygen atoms in total. The van der Waals surface area contributed by atoms with Crippen LogP contribution in [-0.4, -0.2) is 71.1 Å². The number of rotatable bonds is 8. The first kappa shape index (κ1) is 21.5. The van der Waals surface area contributed by atoms with E-state index < -0.39 is 7.12 Å². The van der Waals surface area contributed by atoms with Gasteiger partial charge in [-0.05, 0) is 65.8 Å². The number of β-amino-alcohol motifs (C(OH)–C–C–N with tert-alkyl or cyclic N) is 1. The quantitative estimate of drug-likeness (QED) is 0.533. The Balaban J connectivity index is 1.41. The summed E-state index contributed by atoms with van der Waals surface area (Å²) in [7, 11) is -0.452.